The van der Waals surface area contributed by atoms with Crippen molar-refractivity contribution in [3.63, 3.8) is 0 Å². The summed E-state index contributed by atoms with van der Waals surface area (Å²) >= 11 is 0. The van der Waals surface area contributed by atoms with Gasteiger partial charge in [-0.25, -0.2) is 8.42 Å². The van der Waals surface area contributed by atoms with Crippen LogP contribution in [0, 0.1) is 0 Å². The van der Waals surface area contributed by atoms with Crippen molar-refractivity contribution in [3.05, 3.63) is 18.2 Å². The summed E-state index contributed by atoms with van der Waals surface area (Å²) in [5.41, 5.74) is 0. The van der Waals surface area contributed by atoms with Crippen molar-refractivity contribution in [2.75, 3.05) is 40.1 Å². The Bertz CT molecular complexity index is 796. The molecule has 0 aliphatic carbocycles. The molecule has 0 spiro atoms. The summed E-state index contributed by atoms with van der Waals surface area (Å²) in [7, 11) is -2.47. The summed E-state index contributed by atoms with van der Waals surface area (Å²) in [5.74, 6) is -0.606. The van der Waals surface area contributed by atoms with E-state index in [2.05, 4.69) is 10.0 Å². The molecule has 28 heavy (non-hydrogen) atoms. The molecule has 1 amide bonds. The molecular weight excluding hydrogens is 392 g/mol. The van der Waals surface area contributed by atoms with E-state index in [4.69, 9.17) is 18.9 Å². The molecule has 2 N–H and O–H groups in total. The number of sulfonamides is 1. The highest BCUT2D eigenvalue weighted by Crippen LogP contribution is 2.31. The lowest BCUT2D eigenvalue weighted by atomic mass is 10.3. The molecule has 156 valence electrons. The average molecular weight is 416 g/mol. The first-order chi connectivity index (χ1) is 13.3. The fraction of sp³-hybridized carbons (Fsp3) is 0.529. The molecule has 1 aliphatic heterocycles. The maximum atomic E-state index is 12.4. The predicted octanol–water partition coefficient (Wildman–Crippen LogP) is -0.179. The molecular formula is C17H24N2O8S. The number of nitrogens with one attached hydrogen (secondary N) is 2. The van der Waals surface area contributed by atoms with Crippen LogP contribution in [0.15, 0.2) is 23.1 Å². The largest absolute Gasteiger partial charge is 0.490 e. The van der Waals surface area contributed by atoms with Gasteiger partial charge in [0.15, 0.2) is 18.1 Å². The molecule has 1 aromatic rings. The predicted molar refractivity (Wildman–Crippen MR) is 97.7 cm³/mol. The highest BCUT2D eigenvalue weighted by atomic mass is 32.2. The molecule has 0 aromatic heterocycles. The summed E-state index contributed by atoms with van der Waals surface area (Å²) in [6, 6.07) is 3.94. The molecule has 1 atom stereocenters. The van der Waals surface area contributed by atoms with E-state index in [-0.39, 0.29) is 10.9 Å². The fourth-order valence-electron chi connectivity index (χ4n) is 2.35. The van der Waals surface area contributed by atoms with Crippen LogP contribution in [0.2, 0.25) is 0 Å². The Hall–Kier alpha value is -2.37. The summed E-state index contributed by atoms with van der Waals surface area (Å²) in [4.78, 5) is 23.3. The number of benzene rings is 1. The van der Waals surface area contributed by atoms with Crippen molar-refractivity contribution < 1.29 is 37.0 Å². The topological polar surface area (TPSA) is 129 Å². The Kier molecular flexibility index (Phi) is 8.03. The number of ether oxygens (including phenoxy) is 4. The van der Waals surface area contributed by atoms with Gasteiger partial charge >= 0.3 is 5.97 Å². The van der Waals surface area contributed by atoms with E-state index in [0.717, 1.165) is 0 Å². The Labute approximate surface area is 163 Å². The summed E-state index contributed by atoms with van der Waals surface area (Å²) < 4.78 is 47.4. The Morgan fingerprint density at radius 2 is 1.93 bits per heavy atom. The smallest absolute Gasteiger partial charge is 0.321 e. The van der Waals surface area contributed by atoms with E-state index in [1.54, 1.807) is 6.92 Å². The first-order valence-electron chi connectivity index (χ1n) is 8.65. The zero-order valence-electron chi connectivity index (χ0n) is 15.7. The van der Waals surface area contributed by atoms with Gasteiger partial charge in [-0.05, 0) is 19.1 Å². The molecule has 1 aliphatic rings. The van der Waals surface area contributed by atoms with Crippen LogP contribution in [0.3, 0.4) is 0 Å². The minimum Gasteiger partial charge on any atom is -0.490 e. The second kappa shape index (κ2) is 10.2. The molecule has 0 fully saturated rings. The fourth-order valence-corrected chi connectivity index (χ4v) is 3.34. The van der Waals surface area contributed by atoms with Gasteiger partial charge in [0.2, 0.25) is 10.0 Å². The number of carbonyl (C=O) groups excluding carboxylic acids is 2. The Balaban J connectivity index is 1.85. The van der Waals surface area contributed by atoms with Crippen molar-refractivity contribution in [1.29, 1.82) is 0 Å². The van der Waals surface area contributed by atoms with Crippen LogP contribution in [0.1, 0.15) is 13.3 Å². The van der Waals surface area contributed by atoms with Crippen molar-refractivity contribution in [2.24, 2.45) is 0 Å². The number of methoxy groups -OCH3 is 1. The molecule has 11 heteroatoms. The van der Waals surface area contributed by atoms with E-state index < -0.39 is 35.1 Å². The number of carbonyl (C=O) groups is 2. The van der Waals surface area contributed by atoms with Crippen LogP contribution in [-0.4, -0.2) is 66.4 Å². The van der Waals surface area contributed by atoms with E-state index in [0.29, 0.717) is 37.7 Å². The quantitative estimate of drug-likeness (QED) is 0.531. The van der Waals surface area contributed by atoms with Gasteiger partial charge in [-0.3, -0.25) is 9.59 Å². The van der Waals surface area contributed by atoms with Gasteiger partial charge in [-0.2, -0.15) is 4.72 Å². The van der Waals surface area contributed by atoms with Gasteiger partial charge in [0, 0.05) is 25.6 Å². The van der Waals surface area contributed by atoms with Gasteiger partial charge in [-0.1, -0.05) is 0 Å². The third kappa shape index (κ3) is 6.66. The second-order valence-corrected chi connectivity index (χ2v) is 7.84. The van der Waals surface area contributed by atoms with Gasteiger partial charge < -0.3 is 24.3 Å². The molecule has 0 saturated carbocycles. The standard InChI is InChI=1S/C17H24N2O8S/c1-12(10-24-2)19-16(20)11-27-17(21)9-18-28(22,23)13-4-5-14-15(8-13)26-7-3-6-25-14/h4-5,8,12,18H,3,6-7,9-11H2,1-2H3,(H,19,20). The summed E-state index contributed by atoms with van der Waals surface area (Å²) in [5, 5.41) is 2.56. The van der Waals surface area contributed by atoms with Crippen molar-refractivity contribution >= 4 is 21.9 Å². The monoisotopic (exact) mass is 416 g/mol. The lowest BCUT2D eigenvalue weighted by Crippen LogP contribution is -2.39. The third-order valence-corrected chi connectivity index (χ3v) is 5.02. The molecule has 0 saturated heterocycles. The minimum absolute atomic E-state index is 0.0734. The van der Waals surface area contributed by atoms with Gasteiger partial charge in [-0.15, -0.1) is 0 Å². The third-order valence-electron chi connectivity index (χ3n) is 3.62. The molecule has 1 unspecified atom stereocenters. The first-order valence-corrected chi connectivity index (χ1v) is 10.1. The zero-order valence-corrected chi connectivity index (χ0v) is 16.5. The molecule has 10 nitrogen and oxygen atoms in total. The number of hydrogen-bond donors (Lipinski definition) is 2. The number of rotatable bonds is 9. The highest BCUT2D eigenvalue weighted by molar-refractivity contribution is 7.89. The number of amides is 1. The van der Waals surface area contributed by atoms with E-state index in [1.807, 2.05) is 0 Å². The van der Waals surface area contributed by atoms with Crippen LogP contribution < -0.4 is 19.5 Å². The van der Waals surface area contributed by atoms with E-state index in [1.165, 1.54) is 25.3 Å². The second-order valence-electron chi connectivity index (χ2n) is 6.07. The molecule has 1 aromatic carbocycles. The van der Waals surface area contributed by atoms with Crippen LogP contribution in [-0.2, 0) is 29.1 Å². The summed E-state index contributed by atoms with van der Waals surface area (Å²) in [6.07, 6.45) is 0.693. The minimum atomic E-state index is -3.97. The van der Waals surface area contributed by atoms with Crippen LogP contribution in [0.5, 0.6) is 11.5 Å². The molecule has 2 rings (SSSR count). The molecule has 0 radical (unpaired) electrons. The van der Waals surface area contributed by atoms with Crippen LogP contribution in [0.4, 0.5) is 0 Å². The van der Waals surface area contributed by atoms with E-state index >= 15 is 0 Å². The number of esters is 1. The lowest BCUT2D eigenvalue weighted by Gasteiger charge is -2.13. The van der Waals surface area contributed by atoms with Gasteiger partial charge in [0.1, 0.15) is 6.54 Å². The number of fused-ring (bicyclic) bond motifs is 1. The zero-order chi connectivity index (χ0) is 20.6. The van der Waals surface area contributed by atoms with Crippen molar-refractivity contribution in [3.8, 4) is 11.5 Å². The van der Waals surface area contributed by atoms with Crippen LogP contribution >= 0.6 is 0 Å². The van der Waals surface area contributed by atoms with Gasteiger partial charge in [0.25, 0.3) is 5.91 Å². The first kappa shape index (κ1) is 21.9. The van der Waals surface area contributed by atoms with Gasteiger partial charge in [0.05, 0.1) is 24.7 Å². The lowest BCUT2D eigenvalue weighted by molar-refractivity contribution is -0.147. The van der Waals surface area contributed by atoms with Crippen molar-refractivity contribution in [1.82, 2.24) is 10.0 Å². The SMILES string of the molecule is COCC(C)NC(=O)COC(=O)CNS(=O)(=O)c1ccc2c(c1)OCCCO2. The molecule has 0 bridgehead atoms. The number of hydrogen-bond acceptors (Lipinski definition) is 8. The normalized spacial score (nSPS) is 14.6. The highest BCUT2D eigenvalue weighted by Gasteiger charge is 2.20. The summed E-state index contributed by atoms with van der Waals surface area (Å²) in [6.45, 7) is 1.82. The van der Waals surface area contributed by atoms with E-state index in [9.17, 15) is 18.0 Å². The Morgan fingerprint density at radius 3 is 2.64 bits per heavy atom. The molecule has 1 heterocycles. The van der Waals surface area contributed by atoms with Crippen LogP contribution in [0.25, 0.3) is 0 Å². The maximum Gasteiger partial charge on any atom is 0.321 e. The Morgan fingerprint density at radius 1 is 1.21 bits per heavy atom. The average Bonchev–Trinajstić information content (AvgIpc) is 2.89. The maximum absolute atomic E-state index is 12.4. The van der Waals surface area contributed by atoms with Crippen molar-refractivity contribution in [2.45, 2.75) is 24.3 Å².